The number of anilines is 1. The Balaban J connectivity index is 1.88. The van der Waals surface area contributed by atoms with Gasteiger partial charge >= 0.3 is 0 Å². The lowest BCUT2D eigenvalue weighted by molar-refractivity contribution is 0.102. The van der Waals surface area contributed by atoms with Crippen LogP contribution < -0.4 is 10.1 Å². The minimum Gasteiger partial charge on any atom is -0.497 e. The fourth-order valence-electron chi connectivity index (χ4n) is 2.49. The molecule has 0 unspecified atom stereocenters. The summed E-state index contributed by atoms with van der Waals surface area (Å²) in [5.74, 6) is 0.163. The van der Waals surface area contributed by atoms with Gasteiger partial charge in [0.15, 0.2) is 5.78 Å². The number of benzene rings is 3. The van der Waals surface area contributed by atoms with Gasteiger partial charge in [0.25, 0.3) is 5.91 Å². The number of ether oxygens (including phenoxy) is 1. The monoisotopic (exact) mass is 331 g/mol. The van der Waals surface area contributed by atoms with Crippen LogP contribution in [0.25, 0.3) is 0 Å². The third kappa shape index (κ3) is 3.75. The van der Waals surface area contributed by atoms with Crippen molar-refractivity contribution < 1.29 is 14.3 Å². The molecule has 0 aliphatic rings. The SMILES string of the molecule is COc1cccc(C(=O)Nc2ccccc2C(=O)c2ccccc2)c1. The van der Waals surface area contributed by atoms with Gasteiger partial charge < -0.3 is 10.1 Å². The number of ketones is 1. The van der Waals surface area contributed by atoms with E-state index >= 15 is 0 Å². The Bertz CT molecular complexity index is 904. The fraction of sp³-hybridized carbons (Fsp3) is 0.0476. The van der Waals surface area contributed by atoms with Crippen LogP contribution in [0.2, 0.25) is 0 Å². The number of amides is 1. The Labute approximate surface area is 146 Å². The van der Waals surface area contributed by atoms with E-state index in [1.165, 1.54) is 0 Å². The summed E-state index contributed by atoms with van der Waals surface area (Å²) in [6, 6.07) is 22.8. The van der Waals surface area contributed by atoms with Crippen molar-refractivity contribution in [3.05, 3.63) is 95.6 Å². The molecule has 0 atom stereocenters. The molecule has 1 N–H and O–H groups in total. The van der Waals surface area contributed by atoms with Crippen molar-refractivity contribution >= 4 is 17.4 Å². The average molecular weight is 331 g/mol. The number of nitrogens with one attached hydrogen (secondary N) is 1. The van der Waals surface area contributed by atoms with Gasteiger partial charge in [-0.3, -0.25) is 9.59 Å². The highest BCUT2D eigenvalue weighted by atomic mass is 16.5. The van der Waals surface area contributed by atoms with Gasteiger partial charge in [-0.05, 0) is 30.3 Å². The van der Waals surface area contributed by atoms with Crippen LogP contribution in [0.3, 0.4) is 0 Å². The molecular formula is C21H17NO3. The van der Waals surface area contributed by atoms with Gasteiger partial charge in [-0.1, -0.05) is 48.5 Å². The van der Waals surface area contributed by atoms with E-state index in [1.807, 2.05) is 18.2 Å². The van der Waals surface area contributed by atoms with E-state index in [1.54, 1.807) is 67.8 Å². The van der Waals surface area contributed by atoms with Crippen LogP contribution in [0.15, 0.2) is 78.9 Å². The highest BCUT2D eigenvalue weighted by Gasteiger charge is 2.15. The molecule has 0 aliphatic carbocycles. The maximum Gasteiger partial charge on any atom is 0.255 e. The zero-order chi connectivity index (χ0) is 17.6. The summed E-state index contributed by atoms with van der Waals surface area (Å²) in [5.41, 5.74) is 1.96. The zero-order valence-electron chi connectivity index (χ0n) is 13.7. The van der Waals surface area contributed by atoms with Crippen molar-refractivity contribution in [2.45, 2.75) is 0 Å². The van der Waals surface area contributed by atoms with E-state index < -0.39 is 0 Å². The molecule has 0 fully saturated rings. The van der Waals surface area contributed by atoms with E-state index in [0.717, 1.165) is 0 Å². The van der Waals surface area contributed by atoms with Gasteiger partial charge in [0.1, 0.15) is 5.75 Å². The Morgan fingerprint density at radius 2 is 1.48 bits per heavy atom. The number of para-hydroxylation sites is 1. The number of carbonyl (C=O) groups excluding carboxylic acids is 2. The maximum atomic E-state index is 12.7. The molecule has 4 nitrogen and oxygen atoms in total. The molecule has 0 saturated carbocycles. The first-order chi connectivity index (χ1) is 12.2. The smallest absolute Gasteiger partial charge is 0.255 e. The molecule has 25 heavy (non-hydrogen) atoms. The molecule has 1 amide bonds. The van der Waals surface area contributed by atoms with Crippen LogP contribution in [0.5, 0.6) is 5.75 Å². The van der Waals surface area contributed by atoms with Crippen molar-refractivity contribution in [2.75, 3.05) is 12.4 Å². The fourth-order valence-corrected chi connectivity index (χ4v) is 2.49. The molecule has 124 valence electrons. The van der Waals surface area contributed by atoms with Gasteiger partial charge in [-0.15, -0.1) is 0 Å². The predicted molar refractivity (Wildman–Crippen MR) is 97.3 cm³/mol. The second-order valence-corrected chi connectivity index (χ2v) is 5.43. The van der Waals surface area contributed by atoms with E-state index in [-0.39, 0.29) is 11.7 Å². The summed E-state index contributed by atoms with van der Waals surface area (Å²) in [6.07, 6.45) is 0. The minimum absolute atomic E-state index is 0.137. The van der Waals surface area contributed by atoms with Gasteiger partial charge in [0.2, 0.25) is 0 Å². The highest BCUT2D eigenvalue weighted by molar-refractivity contribution is 6.15. The van der Waals surface area contributed by atoms with Crippen molar-refractivity contribution in [1.29, 1.82) is 0 Å². The van der Waals surface area contributed by atoms with Gasteiger partial charge in [0, 0.05) is 16.7 Å². The van der Waals surface area contributed by atoms with Crippen molar-refractivity contribution in [3.63, 3.8) is 0 Å². The third-order valence-corrected chi connectivity index (χ3v) is 3.79. The first-order valence-electron chi connectivity index (χ1n) is 7.83. The molecule has 0 radical (unpaired) electrons. The minimum atomic E-state index is -0.299. The van der Waals surface area contributed by atoms with E-state index in [0.29, 0.717) is 28.1 Å². The van der Waals surface area contributed by atoms with E-state index in [4.69, 9.17) is 4.74 Å². The summed E-state index contributed by atoms with van der Waals surface area (Å²) in [7, 11) is 1.55. The van der Waals surface area contributed by atoms with E-state index in [9.17, 15) is 9.59 Å². The van der Waals surface area contributed by atoms with Gasteiger partial charge in [-0.2, -0.15) is 0 Å². The Morgan fingerprint density at radius 3 is 2.24 bits per heavy atom. The quantitative estimate of drug-likeness (QED) is 0.714. The first kappa shape index (κ1) is 16.5. The molecule has 0 heterocycles. The molecule has 3 aromatic rings. The second-order valence-electron chi connectivity index (χ2n) is 5.43. The summed E-state index contributed by atoms with van der Waals surface area (Å²) in [5, 5.41) is 2.81. The van der Waals surface area contributed by atoms with Gasteiger partial charge in [0.05, 0.1) is 12.8 Å². The first-order valence-corrected chi connectivity index (χ1v) is 7.83. The highest BCUT2D eigenvalue weighted by Crippen LogP contribution is 2.21. The summed E-state index contributed by atoms with van der Waals surface area (Å²) < 4.78 is 5.14. The van der Waals surface area contributed by atoms with Crippen LogP contribution in [0, 0.1) is 0 Å². The predicted octanol–water partition coefficient (Wildman–Crippen LogP) is 4.18. The van der Waals surface area contributed by atoms with Crippen LogP contribution in [-0.2, 0) is 0 Å². The van der Waals surface area contributed by atoms with Crippen molar-refractivity contribution in [2.24, 2.45) is 0 Å². The Kier molecular flexibility index (Phi) is 4.90. The van der Waals surface area contributed by atoms with Crippen LogP contribution >= 0.6 is 0 Å². The number of hydrogen-bond donors (Lipinski definition) is 1. The zero-order valence-corrected chi connectivity index (χ0v) is 13.7. The third-order valence-electron chi connectivity index (χ3n) is 3.79. The number of rotatable bonds is 5. The molecular weight excluding hydrogens is 314 g/mol. The lowest BCUT2D eigenvalue weighted by Gasteiger charge is -2.11. The van der Waals surface area contributed by atoms with Crippen molar-refractivity contribution in [1.82, 2.24) is 0 Å². The molecule has 0 bridgehead atoms. The number of methoxy groups -OCH3 is 1. The average Bonchev–Trinajstić information content (AvgIpc) is 2.68. The van der Waals surface area contributed by atoms with Crippen LogP contribution in [0.4, 0.5) is 5.69 Å². The maximum absolute atomic E-state index is 12.7. The summed E-state index contributed by atoms with van der Waals surface area (Å²) >= 11 is 0. The topological polar surface area (TPSA) is 55.4 Å². The lowest BCUT2D eigenvalue weighted by Crippen LogP contribution is -2.15. The molecule has 3 aromatic carbocycles. The molecule has 0 saturated heterocycles. The lowest BCUT2D eigenvalue weighted by atomic mass is 10.0. The summed E-state index contributed by atoms with van der Waals surface area (Å²) in [4.78, 5) is 25.2. The summed E-state index contributed by atoms with van der Waals surface area (Å²) in [6.45, 7) is 0. The van der Waals surface area contributed by atoms with E-state index in [2.05, 4.69) is 5.32 Å². The largest absolute Gasteiger partial charge is 0.497 e. The molecule has 0 spiro atoms. The number of hydrogen-bond acceptors (Lipinski definition) is 3. The molecule has 3 rings (SSSR count). The van der Waals surface area contributed by atoms with Crippen LogP contribution in [-0.4, -0.2) is 18.8 Å². The Hall–Kier alpha value is -3.40. The van der Waals surface area contributed by atoms with Gasteiger partial charge in [-0.25, -0.2) is 0 Å². The second kappa shape index (κ2) is 7.45. The normalized spacial score (nSPS) is 10.1. The van der Waals surface area contributed by atoms with Crippen molar-refractivity contribution in [3.8, 4) is 5.75 Å². The molecule has 4 heteroatoms. The Morgan fingerprint density at radius 1 is 0.800 bits per heavy atom. The standard InChI is InChI=1S/C21H17NO3/c1-25-17-11-7-10-16(14-17)21(24)22-19-13-6-5-12-18(19)20(23)15-8-3-2-4-9-15/h2-14H,1H3,(H,22,24). The molecule has 0 aliphatic heterocycles. The molecule has 0 aromatic heterocycles. The van der Waals surface area contributed by atoms with Crippen LogP contribution in [0.1, 0.15) is 26.3 Å². The number of carbonyl (C=O) groups is 2.